The Kier molecular flexibility index (Phi) is 8.62. The Morgan fingerprint density at radius 1 is 0.926 bits per heavy atom. The van der Waals surface area contributed by atoms with Gasteiger partial charge in [-0.15, -0.1) is 12.4 Å². The quantitative estimate of drug-likeness (QED) is 0.545. The number of ether oxygens (including phenoxy) is 1. The van der Waals surface area contributed by atoms with Gasteiger partial charge in [0.15, 0.2) is 0 Å². The van der Waals surface area contributed by atoms with Crippen LogP contribution in [0.4, 0.5) is 0 Å². The maximum atomic E-state index is 10.2. The van der Waals surface area contributed by atoms with E-state index in [1.165, 1.54) is 0 Å². The fraction of sp³-hybridized carbons (Fsp3) is 0.182. The molecule has 142 valence electrons. The van der Waals surface area contributed by atoms with Gasteiger partial charge in [-0.2, -0.15) is 0 Å². The Morgan fingerprint density at radius 3 is 2.44 bits per heavy atom. The van der Waals surface area contributed by atoms with Crippen molar-refractivity contribution in [2.45, 2.75) is 19.3 Å². The second-order valence-corrected chi connectivity index (χ2v) is 6.49. The molecule has 0 bridgehead atoms. The number of aliphatic hydroxyl groups excluding tert-OH is 1. The van der Waals surface area contributed by atoms with Crippen molar-refractivity contribution >= 4 is 24.0 Å². The van der Waals surface area contributed by atoms with Crippen LogP contribution in [0.15, 0.2) is 78.9 Å². The van der Waals surface area contributed by atoms with E-state index in [1.807, 2.05) is 78.9 Å². The predicted molar refractivity (Wildman–Crippen MR) is 113 cm³/mol. The third-order valence-electron chi connectivity index (χ3n) is 4.10. The maximum Gasteiger partial charge on any atom is 0.120 e. The van der Waals surface area contributed by atoms with Crippen LogP contribution in [0.25, 0.3) is 0 Å². The van der Waals surface area contributed by atoms with Gasteiger partial charge in [0.1, 0.15) is 12.4 Å². The van der Waals surface area contributed by atoms with Gasteiger partial charge in [-0.1, -0.05) is 72.3 Å². The van der Waals surface area contributed by atoms with E-state index in [0.717, 1.165) is 22.4 Å². The minimum Gasteiger partial charge on any atom is -0.489 e. The summed E-state index contributed by atoms with van der Waals surface area (Å²) in [4.78, 5) is 0. The molecule has 0 fully saturated rings. The summed E-state index contributed by atoms with van der Waals surface area (Å²) in [5, 5.41) is 14.2. The number of nitrogens with one attached hydrogen (secondary N) is 1. The van der Waals surface area contributed by atoms with E-state index in [4.69, 9.17) is 16.3 Å². The van der Waals surface area contributed by atoms with Gasteiger partial charge in [0.2, 0.25) is 0 Å². The van der Waals surface area contributed by atoms with Gasteiger partial charge in [0, 0.05) is 23.7 Å². The Hall–Kier alpha value is -2.04. The molecule has 0 saturated carbocycles. The minimum absolute atomic E-state index is 0. The highest BCUT2D eigenvalue weighted by Gasteiger charge is 2.06. The minimum atomic E-state index is -0.518. The van der Waals surface area contributed by atoms with Gasteiger partial charge in [0.25, 0.3) is 0 Å². The molecule has 3 rings (SSSR count). The van der Waals surface area contributed by atoms with Crippen molar-refractivity contribution in [2.24, 2.45) is 0 Å². The summed E-state index contributed by atoms with van der Waals surface area (Å²) in [7, 11) is 0. The molecule has 5 heteroatoms. The zero-order chi connectivity index (χ0) is 18.2. The standard InChI is InChI=1S/C22H22ClNO2.ClH/c23-21-12-5-4-10-19(21)16-26-20-11-6-7-17(13-20)14-24-15-22(25)18-8-2-1-3-9-18;/h1-13,22,24-25H,14-16H2;1H. The fourth-order valence-electron chi connectivity index (χ4n) is 2.67. The lowest BCUT2D eigenvalue weighted by Crippen LogP contribution is -2.21. The molecule has 0 amide bonds. The van der Waals surface area contributed by atoms with Crippen LogP contribution >= 0.6 is 24.0 Å². The van der Waals surface area contributed by atoms with Crippen molar-refractivity contribution in [3.8, 4) is 5.75 Å². The van der Waals surface area contributed by atoms with Crippen LogP contribution < -0.4 is 10.1 Å². The van der Waals surface area contributed by atoms with E-state index in [0.29, 0.717) is 24.7 Å². The third kappa shape index (κ3) is 6.56. The average molecular weight is 404 g/mol. The molecule has 3 nitrogen and oxygen atoms in total. The van der Waals surface area contributed by atoms with Crippen LogP contribution in [-0.2, 0) is 13.2 Å². The molecule has 1 unspecified atom stereocenters. The highest BCUT2D eigenvalue weighted by atomic mass is 35.5. The lowest BCUT2D eigenvalue weighted by Gasteiger charge is -2.13. The van der Waals surface area contributed by atoms with Crippen LogP contribution in [0.3, 0.4) is 0 Å². The first-order chi connectivity index (χ1) is 12.7. The average Bonchev–Trinajstić information content (AvgIpc) is 2.68. The molecular formula is C22H23Cl2NO2. The van der Waals surface area contributed by atoms with E-state index in [9.17, 15) is 5.11 Å². The highest BCUT2D eigenvalue weighted by Crippen LogP contribution is 2.19. The Bertz CT molecular complexity index is 827. The summed E-state index contributed by atoms with van der Waals surface area (Å²) in [5.41, 5.74) is 2.97. The number of halogens is 2. The van der Waals surface area contributed by atoms with Crippen molar-refractivity contribution in [1.29, 1.82) is 0 Å². The van der Waals surface area contributed by atoms with Gasteiger partial charge >= 0.3 is 0 Å². The third-order valence-corrected chi connectivity index (χ3v) is 4.47. The van der Waals surface area contributed by atoms with Crippen LogP contribution in [0.1, 0.15) is 22.8 Å². The molecule has 3 aromatic carbocycles. The zero-order valence-corrected chi connectivity index (χ0v) is 16.4. The summed E-state index contributed by atoms with van der Waals surface area (Å²) in [5.74, 6) is 0.799. The van der Waals surface area contributed by atoms with Crippen molar-refractivity contribution < 1.29 is 9.84 Å². The van der Waals surface area contributed by atoms with E-state index >= 15 is 0 Å². The van der Waals surface area contributed by atoms with Crippen LogP contribution in [0.2, 0.25) is 5.02 Å². The second kappa shape index (κ2) is 11.0. The predicted octanol–water partition coefficient (Wildman–Crippen LogP) is 5.16. The molecule has 0 aliphatic heterocycles. The van der Waals surface area contributed by atoms with Gasteiger partial charge in [-0.3, -0.25) is 0 Å². The summed E-state index contributed by atoms with van der Waals surface area (Å²) < 4.78 is 5.85. The van der Waals surface area contributed by atoms with Crippen LogP contribution in [0, 0.1) is 0 Å². The molecule has 3 aromatic rings. The van der Waals surface area contributed by atoms with Crippen LogP contribution in [0.5, 0.6) is 5.75 Å². The molecule has 0 spiro atoms. The lowest BCUT2D eigenvalue weighted by atomic mass is 10.1. The number of aliphatic hydroxyl groups is 1. The summed E-state index contributed by atoms with van der Waals surface area (Å²) >= 11 is 6.16. The first-order valence-corrected chi connectivity index (χ1v) is 8.99. The summed E-state index contributed by atoms with van der Waals surface area (Å²) in [6.07, 6.45) is -0.518. The molecule has 0 heterocycles. The molecule has 0 saturated heterocycles. The zero-order valence-electron chi connectivity index (χ0n) is 14.8. The van der Waals surface area contributed by atoms with Gasteiger partial charge in [0.05, 0.1) is 6.10 Å². The monoisotopic (exact) mass is 403 g/mol. The van der Waals surface area contributed by atoms with Crippen molar-refractivity contribution in [3.63, 3.8) is 0 Å². The number of rotatable bonds is 8. The lowest BCUT2D eigenvalue weighted by molar-refractivity contribution is 0.174. The molecular weight excluding hydrogens is 381 g/mol. The number of hydrogen-bond donors (Lipinski definition) is 2. The normalized spacial score (nSPS) is 11.5. The first-order valence-electron chi connectivity index (χ1n) is 8.61. The number of benzene rings is 3. The molecule has 2 N–H and O–H groups in total. The van der Waals surface area contributed by atoms with E-state index < -0.39 is 6.10 Å². The largest absolute Gasteiger partial charge is 0.489 e. The fourth-order valence-corrected chi connectivity index (χ4v) is 2.86. The topological polar surface area (TPSA) is 41.5 Å². The Labute approximate surface area is 171 Å². The Balaban J connectivity index is 0.00000261. The molecule has 0 aliphatic rings. The molecule has 1 atom stereocenters. The van der Waals surface area contributed by atoms with Crippen molar-refractivity contribution in [1.82, 2.24) is 5.32 Å². The molecule has 27 heavy (non-hydrogen) atoms. The SMILES string of the molecule is Cl.OC(CNCc1cccc(OCc2ccccc2Cl)c1)c1ccccc1. The van der Waals surface area contributed by atoms with E-state index in [1.54, 1.807) is 0 Å². The van der Waals surface area contributed by atoms with Gasteiger partial charge in [-0.25, -0.2) is 0 Å². The van der Waals surface area contributed by atoms with Crippen molar-refractivity contribution in [3.05, 3.63) is 101 Å². The van der Waals surface area contributed by atoms with Crippen LogP contribution in [-0.4, -0.2) is 11.7 Å². The van der Waals surface area contributed by atoms with Gasteiger partial charge < -0.3 is 15.2 Å². The maximum absolute atomic E-state index is 10.2. The highest BCUT2D eigenvalue weighted by molar-refractivity contribution is 6.31. The summed E-state index contributed by atoms with van der Waals surface area (Å²) in [6.45, 7) is 1.59. The molecule has 0 aromatic heterocycles. The second-order valence-electron chi connectivity index (χ2n) is 6.08. The number of hydrogen-bond acceptors (Lipinski definition) is 3. The molecule has 0 aliphatic carbocycles. The van der Waals surface area contributed by atoms with Crippen molar-refractivity contribution in [2.75, 3.05) is 6.54 Å². The van der Waals surface area contributed by atoms with E-state index in [2.05, 4.69) is 5.32 Å². The van der Waals surface area contributed by atoms with E-state index in [-0.39, 0.29) is 12.4 Å². The smallest absolute Gasteiger partial charge is 0.120 e. The first kappa shape index (κ1) is 21.3. The molecule has 0 radical (unpaired) electrons. The Morgan fingerprint density at radius 2 is 1.67 bits per heavy atom. The summed E-state index contributed by atoms with van der Waals surface area (Å²) in [6, 6.07) is 25.2. The van der Waals surface area contributed by atoms with Gasteiger partial charge in [-0.05, 0) is 29.3 Å².